The lowest BCUT2D eigenvalue weighted by atomic mass is 9.93. The van der Waals surface area contributed by atoms with Crippen LogP contribution in [0.5, 0.6) is 0 Å². The van der Waals surface area contributed by atoms with Gasteiger partial charge in [0.25, 0.3) is 0 Å². The van der Waals surface area contributed by atoms with Gasteiger partial charge in [0.05, 0.1) is 6.10 Å². The Labute approximate surface area is 113 Å². The number of rotatable bonds is 10. The van der Waals surface area contributed by atoms with Crippen molar-refractivity contribution < 1.29 is 9.84 Å². The molecule has 18 heavy (non-hydrogen) atoms. The zero-order chi connectivity index (χ0) is 13.1. The van der Waals surface area contributed by atoms with Crippen molar-refractivity contribution in [2.45, 2.75) is 83.7 Å². The van der Waals surface area contributed by atoms with E-state index in [1.54, 1.807) is 0 Å². The van der Waals surface area contributed by atoms with Crippen molar-refractivity contribution in [3.63, 3.8) is 0 Å². The third kappa shape index (κ3) is 8.10. The number of ether oxygens (including phenoxy) is 1. The monoisotopic (exact) mass is 256 g/mol. The molecule has 0 amide bonds. The van der Waals surface area contributed by atoms with E-state index >= 15 is 0 Å². The number of hydrogen-bond acceptors (Lipinski definition) is 2. The number of unbranched alkanes of at least 4 members (excludes halogenated alkanes) is 4. The van der Waals surface area contributed by atoms with Crippen LogP contribution in [0.15, 0.2) is 0 Å². The van der Waals surface area contributed by atoms with Crippen LogP contribution in [-0.2, 0) is 4.74 Å². The first-order chi connectivity index (χ1) is 8.83. The van der Waals surface area contributed by atoms with Crippen LogP contribution in [0.4, 0.5) is 0 Å². The predicted octanol–water partition coefficient (Wildman–Crippen LogP) is 4.30. The van der Waals surface area contributed by atoms with E-state index in [1.807, 2.05) is 0 Å². The lowest BCUT2D eigenvalue weighted by Crippen LogP contribution is -2.15. The second kappa shape index (κ2) is 10.8. The maximum Gasteiger partial charge on any atom is 0.0540 e. The maximum atomic E-state index is 9.87. The van der Waals surface area contributed by atoms with Gasteiger partial charge in [0.2, 0.25) is 0 Å². The molecule has 1 N–H and O–H groups in total. The standard InChI is InChI=1S/C16H32O2/c1-2-3-4-5-9-16(17)10-7-6-8-15-11-13-18-14-12-15/h15-17H,2-14H2,1H3. The normalized spacial score (nSPS) is 19.0. The summed E-state index contributed by atoms with van der Waals surface area (Å²) < 4.78 is 5.37. The first-order valence-electron chi connectivity index (χ1n) is 8.08. The van der Waals surface area contributed by atoms with Crippen molar-refractivity contribution >= 4 is 0 Å². The molecule has 0 radical (unpaired) electrons. The molecule has 0 bridgehead atoms. The molecule has 0 aromatic rings. The van der Waals surface area contributed by atoms with Crippen molar-refractivity contribution in [3.8, 4) is 0 Å². The Bertz CT molecular complexity index is 176. The topological polar surface area (TPSA) is 29.5 Å². The molecule has 1 aliphatic heterocycles. The molecule has 1 rings (SSSR count). The SMILES string of the molecule is CCCCCCC(O)CCCCC1CCOCC1. The van der Waals surface area contributed by atoms with Crippen LogP contribution in [0.1, 0.15) is 77.6 Å². The Morgan fingerprint density at radius 3 is 2.33 bits per heavy atom. The fourth-order valence-electron chi connectivity index (χ4n) is 2.80. The lowest BCUT2D eigenvalue weighted by Gasteiger charge is -2.21. The van der Waals surface area contributed by atoms with Crippen molar-refractivity contribution in [3.05, 3.63) is 0 Å². The molecule has 1 unspecified atom stereocenters. The highest BCUT2D eigenvalue weighted by atomic mass is 16.5. The van der Waals surface area contributed by atoms with Crippen molar-refractivity contribution in [1.29, 1.82) is 0 Å². The average molecular weight is 256 g/mol. The Kier molecular flexibility index (Phi) is 9.59. The Balaban J connectivity index is 1.86. The lowest BCUT2D eigenvalue weighted by molar-refractivity contribution is 0.0625. The summed E-state index contributed by atoms with van der Waals surface area (Å²) in [6.45, 7) is 4.15. The summed E-state index contributed by atoms with van der Waals surface area (Å²) in [6.07, 6.45) is 13.4. The highest BCUT2D eigenvalue weighted by Gasteiger charge is 2.13. The minimum Gasteiger partial charge on any atom is -0.393 e. The van der Waals surface area contributed by atoms with Crippen molar-refractivity contribution in [2.75, 3.05) is 13.2 Å². The molecule has 1 heterocycles. The van der Waals surface area contributed by atoms with E-state index in [1.165, 1.54) is 57.8 Å². The summed E-state index contributed by atoms with van der Waals surface area (Å²) in [7, 11) is 0. The van der Waals surface area contributed by atoms with Crippen molar-refractivity contribution in [2.24, 2.45) is 5.92 Å². The van der Waals surface area contributed by atoms with Gasteiger partial charge < -0.3 is 9.84 Å². The first-order valence-corrected chi connectivity index (χ1v) is 8.08. The summed E-state index contributed by atoms with van der Waals surface area (Å²) in [5.74, 6) is 0.889. The van der Waals surface area contributed by atoms with Crippen LogP contribution in [0.2, 0.25) is 0 Å². The molecule has 0 spiro atoms. The molecule has 0 saturated carbocycles. The van der Waals surface area contributed by atoms with Gasteiger partial charge in [0.1, 0.15) is 0 Å². The molecule has 0 aromatic heterocycles. The largest absolute Gasteiger partial charge is 0.393 e. The minimum absolute atomic E-state index is 0.0449. The van der Waals surface area contributed by atoms with E-state index in [-0.39, 0.29) is 6.10 Å². The summed E-state index contributed by atoms with van der Waals surface area (Å²) in [5, 5.41) is 9.87. The van der Waals surface area contributed by atoms with Crippen LogP contribution in [0.25, 0.3) is 0 Å². The molecule has 1 fully saturated rings. The summed E-state index contributed by atoms with van der Waals surface area (Å²) in [6, 6.07) is 0. The molecule has 1 aliphatic rings. The number of aliphatic hydroxyl groups excluding tert-OH is 1. The quantitative estimate of drug-likeness (QED) is 0.590. The number of aliphatic hydroxyl groups is 1. The Morgan fingerprint density at radius 1 is 1.00 bits per heavy atom. The van der Waals surface area contributed by atoms with Gasteiger partial charge in [-0.2, -0.15) is 0 Å². The third-order valence-corrected chi connectivity index (χ3v) is 4.13. The molecule has 0 aliphatic carbocycles. The van der Waals surface area contributed by atoms with Gasteiger partial charge >= 0.3 is 0 Å². The Morgan fingerprint density at radius 2 is 1.67 bits per heavy atom. The molecular formula is C16H32O2. The maximum absolute atomic E-state index is 9.87. The van der Waals surface area contributed by atoms with Gasteiger partial charge in [-0.1, -0.05) is 51.9 Å². The highest BCUT2D eigenvalue weighted by Crippen LogP contribution is 2.21. The fraction of sp³-hybridized carbons (Fsp3) is 1.00. The van der Waals surface area contributed by atoms with Crippen LogP contribution in [0, 0.1) is 5.92 Å². The van der Waals surface area contributed by atoms with Gasteiger partial charge in [-0.15, -0.1) is 0 Å². The van der Waals surface area contributed by atoms with E-state index in [4.69, 9.17) is 4.74 Å². The zero-order valence-electron chi connectivity index (χ0n) is 12.2. The van der Waals surface area contributed by atoms with Gasteiger partial charge in [0, 0.05) is 13.2 Å². The number of hydrogen-bond donors (Lipinski definition) is 1. The first kappa shape index (κ1) is 16.0. The fourth-order valence-corrected chi connectivity index (χ4v) is 2.80. The molecular weight excluding hydrogens is 224 g/mol. The second-order valence-electron chi connectivity index (χ2n) is 5.84. The average Bonchev–Trinajstić information content (AvgIpc) is 2.41. The van der Waals surface area contributed by atoms with Crippen LogP contribution >= 0.6 is 0 Å². The van der Waals surface area contributed by atoms with E-state index < -0.39 is 0 Å². The van der Waals surface area contributed by atoms with Gasteiger partial charge in [0.15, 0.2) is 0 Å². The third-order valence-electron chi connectivity index (χ3n) is 4.13. The summed E-state index contributed by atoms with van der Waals surface area (Å²) in [5.41, 5.74) is 0. The predicted molar refractivity (Wildman–Crippen MR) is 76.8 cm³/mol. The van der Waals surface area contributed by atoms with Crippen molar-refractivity contribution in [1.82, 2.24) is 0 Å². The summed E-state index contributed by atoms with van der Waals surface area (Å²) in [4.78, 5) is 0. The zero-order valence-corrected chi connectivity index (χ0v) is 12.2. The summed E-state index contributed by atoms with van der Waals surface area (Å²) >= 11 is 0. The van der Waals surface area contributed by atoms with E-state index in [2.05, 4.69) is 6.92 Å². The smallest absolute Gasteiger partial charge is 0.0540 e. The molecule has 0 aromatic carbocycles. The second-order valence-corrected chi connectivity index (χ2v) is 5.84. The molecule has 1 saturated heterocycles. The molecule has 108 valence electrons. The van der Waals surface area contributed by atoms with Gasteiger partial charge in [-0.05, 0) is 31.6 Å². The van der Waals surface area contributed by atoms with E-state index in [0.29, 0.717) is 0 Å². The van der Waals surface area contributed by atoms with Gasteiger partial charge in [-0.25, -0.2) is 0 Å². The molecule has 2 nitrogen and oxygen atoms in total. The van der Waals surface area contributed by atoms with E-state index in [9.17, 15) is 5.11 Å². The highest BCUT2D eigenvalue weighted by molar-refractivity contribution is 4.64. The minimum atomic E-state index is -0.0449. The molecule has 2 heteroatoms. The van der Waals surface area contributed by atoms with Crippen LogP contribution in [-0.4, -0.2) is 24.4 Å². The van der Waals surface area contributed by atoms with Crippen LogP contribution in [0.3, 0.4) is 0 Å². The van der Waals surface area contributed by atoms with Crippen LogP contribution < -0.4 is 0 Å². The van der Waals surface area contributed by atoms with E-state index in [0.717, 1.165) is 32.0 Å². The van der Waals surface area contributed by atoms with Gasteiger partial charge in [-0.3, -0.25) is 0 Å². The Hall–Kier alpha value is -0.0800. The molecule has 1 atom stereocenters.